The van der Waals surface area contributed by atoms with Crippen LogP contribution in [0.25, 0.3) is 0 Å². The monoisotopic (exact) mass is 246 g/mol. The third-order valence-electron chi connectivity index (χ3n) is 3.42. The summed E-state index contributed by atoms with van der Waals surface area (Å²) in [5.74, 6) is 0.224. The van der Waals surface area contributed by atoms with Gasteiger partial charge in [0.1, 0.15) is 6.04 Å². The van der Waals surface area contributed by atoms with Crippen molar-refractivity contribution in [2.75, 3.05) is 6.54 Å². The summed E-state index contributed by atoms with van der Waals surface area (Å²) in [7, 11) is 0. The Morgan fingerprint density at radius 1 is 1.17 bits per heavy atom. The fraction of sp³-hybridized carbons (Fsp3) is 0.533. The average molecular weight is 246 g/mol. The van der Waals surface area contributed by atoms with Crippen LogP contribution in [0.5, 0.6) is 0 Å². The molecule has 2 unspecified atom stereocenters. The average Bonchev–Trinajstić information content (AvgIpc) is 2.70. The molecule has 3 nitrogen and oxygen atoms in total. The third kappa shape index (κ3) is 2.56. The molecule has 0 bridgehead atoms. The van der Waals surface area contributed by atoms with Gasteiger partial charge >= 0.3 is 0 Å². The Kier molecular flexibility index (Phi) is 4.37. The second-order valence-electron chi connectivity index (χ2n) is 4.85. The molecule has 18 heavy (non-hydrogen) atoms. The van der Waals surface area contributed by atoms with E-state index in [0.717, 1.165) is 31.4 Å². The second kappa shape index (κ2) is 6.01. The molecule has 0 saturated carbocycles. The van der Waals surface area contributed by atoms with Crippen molar-refractivity contribution in [1.82, 2.24) is 10.2 Å². The Balaban J connectivity index is 2.17. The van der Waals surface area contributed by atoms with Crippen LogP contribution in [0.2, 0.25) is 0 Å². The highest BCUT2D eigenvalue weighted by atomic mass is 16.2. The van der Waals surface area contributed by atoms with Gasteiger partial charge in [0.25, 0.3) is 0 Å². The van der Waals surface area contributed by atoms with Crippen molar-refractivity contribution in [2.45, 2.75) is 45.3 Å². The van der Waals surface area contributed by atoms with Gasteiger partial charge in [-0.1, -0.05) is 50.6 Å². The summed E-state index contributed by atoms with van der Waals surface area (Å²) in [6.07, 6.45) is 3.32. The quantitative estimate of drug-likeness (QED) is 0.866. The van der Waals surface area contributed by atoms with E-state index in [4.69, 9.17) is 0 Å². The molecule has 98 valence electrons. The predicted molar refractivity (Wildman–Crippen MR) is 73.0 cm³/mol. The molecule has 2 rings (SSSR count). The van der Waals surface area contributed by atoms with E-state index in [0.29, 0.717) is 0 Å². The number of hydrogen-bond donors (Lipinski definition) is 1. The van der Waals surface area contributed by atoms with Crippen molar-refractivity contribution in [3.05, 3.63) is 35.9 Å². The molecule has 1 fully saturated rings. The number of carbonyl (C=O) groups excluding carboxylic acids is 1. The number of benzene rings is 1. The Morgan fingerprint density at radius 3 is 2.50 bits per heavy atom. The van der Waals surface area contributed by atoms with Crippen LogP contribution in [0.3, 0.4) is 0 Å². The topological polar surface area (TPSA) is 32.3 Å². The van der Waals surface area contributed by atoms with E-state index in [1.54, 1.807) is 0 Å². The lowest BCUT2D eigenvalue weighted by atomic mass is 10.1. The van der Waals surface area contributed by atoms with Crippen molar-refractivity contribution >= 4 is 5.91 Å². The summed E-state index contributed by atoms with van der Waals surface area (Å²) in [5.41, 5.74) is 1.07. The lowest BCUT2D eigenvalue weighted by molar-refractivity contribution is -0.130. The van der Waals surface area contributed by atoms with Crippen LogP contribution >= 0.6 is 0 Å². The zero-order valence-corrected chi connectivity index (χ0v) is 11.2. The Labute approximate surface area is 109 Å². The summed E-state index contributed by atoms with van der Waals surface area (Å²) >= 11 is 0. The smallest absolute Gasteiger partial charge is 0.245 e. The van der Waals surface area contributed by atoms with Gasteiger partial charge in [0.05, 0.1) is 6.17 Å². The number of carbonyl (C=O) groups is 1. The normalized spacial score (nSPS) is 23.7. The first-order chi connectivity index (χ1) is 8.77. The highest BCUT2D eigenvalue weighted by Crippen LogP contribution is 2.26. The summed E-state index contributed by atoms with van der Waals surface area (Å²) in [6, 6.07) is 9.84. The zero-order chi connectivity index (χ0) is 13.0. The summed E-state index contributed by atoms with van der Waals surface area (Å²) in [4.78, 5) is 14.4. The number of amides is 1. The molecule has 1 amide bonds. The molecule has 0 spiro atoms. The van der Waals surface area contributed by atoms with Crippen LogP contribution in [0, 0.1) is 0 Å². The standard InChI is InChI=1S/C15H22N2O/c1-3-8-13-16-14(12-9-6-5-7-10-12)15(18)17(13)11-4-2/h5-7,9-10,13-14,16H,3-4,8,11H2,1-2H3. The van der Waals surface area contributed by atoms with Gasteiger partial charge in [-0.25, -0.2) is 0 Å². The molecule has 1 aliphatic heterocycles. The van der Waals surface area contributed by atoms with Gasteiger partial charge < -0.3 is 4.90 Å². The molecule has 1 aromatic carbocycles. The van der Waals surface area contributed by atoms with E-state index < -0.39 is 0 Å². The minimum absolute atomic E-state index is 0.158. The third-order valence-corrected chi connectivity index (χ3v) is 3.42. The van der Waals surface area contributed by atoms with E-state index in [2.05, 4.69) is 19.2 Å². The molecule has 0 aliphatic carbocycles. The van der Waals surface area contributed by atoms with Gasteiger partial charge in [0.15, 0.2) is 0 Å². The van der Waals surface area contributed by atoms with Crippen molar-refractivity contribution in [3.63, 3.8) is 0 Å². The molecule has 0 radical (unpaired) electrons. The Hall–Kier alpha value is -1.35. The van der Waals surface area contributed by atoms with Crippen LogP contribution in [0.15, 0.2) is 30.3 Å². The van der Waals surface area contributed by atoms with Crippen molar-refractivity contribution < 1.29 is 4.79 Å². The lowest BCUT2D eigenvalue weighted by Crippen LogP contribution is -2.37. The zero-order valence-electron chi connectivity index (χ0n) is 11.2. The van der Waals surface area contributed by atoms with Crippen LogP contribution < -0.4 is 5.32 Å². The van der Waals surface area contributed by atoms with Crippen LogP contribution in [-0.4, -0.2) is 23.5 Å². The number of nitrogens with zero attached hydrogens (tertiary/aromatic N) is 1. The van der Waals surface area contributed by atoms with Crippen molar-refractivity contribution in [3.8, 4) is 0 Å². The summed E-state index contributed by atoms with van der Waals surface area (Å²) in [6.45, 7) is 5.12. The van der Waals surface area contributed by atoms with Crippen molar-refractivity contribution in [1.29, 1.82) is 0 Å². The molecular weight excluding hydrogens is 224 g/mol. The van der Waals surface area contributed by atoms with Crippen LogP contribution in [-0.2, 0) is 4.79 Å². The maximum Gasteiger partial charge on any atom is 0.245 e. The predicted octanol–water partition coefficient (Wildman–Crippen LogP) is 2.70. The molecular formula is C15H22N2O. The van der Waals surface area contributed by atoms with Crippen molar-refractivity contribution in [2.24, 2.45) is 0 Å². The number of hydrogen-bond acceptors (Lipinski definition) is 2. The highest BCUT2D eigenvalue weighted by molar-refractivity contribution is 5.85. The van der Waals surface area contributed by atoms with Crippen LogP contribution in [0.4, 0.5) is 0 Å². The van der Waals surface area contributed by atoms with E-state index in [1.165, 1.54) is 0 Å². The Bertz CT molecular complexity index is 391. The molecule has 2 atom stereocenters. The van der Waals surface area contributed by atoms with E-state index in [1.807, 2.05) is 35.2 Å². The minimum atomic E-state index is -0.158. The van der Waals surface area contributed by atoms with Gasteiger partial charge in [0, 0.05) is 6.54 Å². The minimum Gasteiger partial charge on any atom is -0.325 e. The van der Waals surface area contributed by atoms with Gasteiger partial charge in [-0.05, 0) is 18.4 Å². The lowest BCUT2D eigenvalue weighted by Gasteiger charge is -2.22. The fourth-order valence-corrected chi connectivity index (χ4v) is 2.58. The highest BCUT2D eigenvalue weighted by Gasteiger charge is 2.38. The maximum atomic E-state index is 12.4. The molecule has 3 heteroatoms. The SMILES string of the molecule is CCCC1NC(c2ccccc2)C(=O)N1CCC. The number of nitrogens with one attached hydrogen (secondary N) is 1. The second-order valence-corrected chi connectivity index (χ2v) is 4.85. The van der Waals surface area contributed by atoms with Gasteiger partial charge in [-0.15, -0.1) is 0 Å². The first-order valence-corrected chi connectivity index (χ1v) is 6.89. The fourth-order valence-electron chi connectivity index (χ4n) is 2.58. The largest absolute Gasteiger partial charge is 0.325 e. The molecule has 1 aliphatic rings. The van der Waals surface area contributed by atoms with Gasteiger partial charge in [-0.3, -0.25) is 10.1 Å². The molecule has 1 aromatic rings. The molecule has 1 N–H and O–H groups in total. The molecule has 1 heterocycles. The van der Waals surface area contributed by atoms with Crippen LogP contribution in [0.1, 0.15) is 44.7 Å². The molecule has 0 aromatic heterocycles. The Morgan fingerprint density at radius 2 is 1.89 bits per heavy atom. The summed E-state index contributed by atoms with van der Waals surface area (Å²) < 4.78 is 0. The number of rotatable bonds is 5. The first-order valence-electron chi connectivity index (χ1n) is 6.89. The maximum absolute atomic E-state index is 12.4. The van der Waals surface area contributed by atoms with E-state index >= 15 is 0 Å². The summed E-state index contributed by atoms with van der Waals surface area (Å²) in [5, 5.41) is 3.47. The van der Waals surface area contributed by atoms with E-state index in [-0.39, 0.29) is 18.1 Å². The first kappa shape index (κ1) is 13.1. The molecule has 1 saturated heterocycles. The van der Waals surface area contributed by atoms with Gasteiger partial charge in [-0.2, -0.15) is 0 Å². The van der Waals surface area contributed by atoms with Gasteiger partial charge in [0.2, 0.25) is 5.91 Å². The van der Waals surface area contributed by atoms with E-state index in [9.17, 15) is 4.79 Å².